The molecule has 1 unspecified atom stereocenters. The summed E-state index contributed by atoms with van der Waals surface area (Å²) < 4.78 is 0.723. The summed E-state index contributed by atoms with van der Waals surface area (Å²) in [4.78, 5) is 11.9. The van der Waals surface area contributed by atoms with Gasteiger partial charge in [0.2, 0.25) is 5.91 Å². The smallest absolute Gasteiger partial charge is 0.241 e. The van der Waals surface area contributed by atoms with Crippen LogP contribution < -0.4 is 5.32 Å². The van der Waals surface area contributed by atoms with Crippen LogP contribution in [0.25, 0.3) is 0 Å². The van der Waals surface area contributed by atoms with Crippen LogP contribution in [0.2, 0.25) is 10.0 Å². The van der Waals surface area contributed by atoms with Crippen LogP contribution in [-0.2, 0) is 4.79 Å². The van der Waals surface area contributed by atoms with Gasteiger partial charge >= 0.3 is 0 Å². The molecule has 0 bridgehead atoms. The predicted octanol–water partition coefficient (Wildman–Crippen LogP) is 4.63. The van der Waals surface area contributed by atoms with Crippen LogP contribution in [0.1, 0.15) is 19.8 Å². The van der Waals surface area contributed by atoms with Crippen molar-refractivity contribution >= 4 is 50.7 Å². The summed E-state index contributed by atoms with van der Waals surface area (Å²) in [5, 5.41) is 12.2. The molecule has 6 heteroatoms. The Labute approximate surface area is 124 Å². The van der Waals surface area contributed by atoms with Gasteiger partial charge < -0.3 is 5.32 Å². The summed E-state index contributed by atoms with van der Waals surface area (Å²) in [6.07, 6.45) is 1.27. The highest BCUT2D eigenvalue weighted by Crippen LogP contribution is 2.34. The Hall–Kier alpha value is -0.760. The molecule has 96 valence electrons. The molecule has 1 atom stereocenters. The van der Waals surface area contributed by atoms with E-state index in [0.717, 1.165) is 10.9 Å². The van der Waals surface area contributed by atoms with Crippen molar-refractivity contribution in [2.75, 3.05) is 5.32 Å². The number of hydrogen-bond donors (Lipinski definition) is 1. The van der Waals surface area contributed by atoms with Gasteiger partial charge in [0, 0.05) is 4.47 Å². The summed E-state index contributed by atoms with van der Waals surface area (Å²) in [7, 11) is 0. The highest BCUT2D eigenvalue weighted by Gasteiger charge is 2.19. The predicted molar refractivity (Wildman–Crippen MR) is 76.8 cm³/mol. The van der Waals surface area contributed by atoms with E-state index in [9.17, 15) is 4.79 Å². The third kappa shape index (κ3) is 3.88. The van der Waals surface area contributed by atoms with Crippen LogP contribution in [0.3, 0.4) is 0 Å². The summed E-state index contributed by atoms with van der Waals surface area (Å²) in [6.45, 7) is 1.91. The lowest BCUT2D eigenvalue weighted by Gasteiger charge is -2.12. The number of carbonyl (C=O) groups is 1. The van der Waals surface area contributed by atoms with Gasteiger partial charge in [-0.2, -0.15) is 5.26 Å². The van der Waals surface area contributed by atoms with Crippen LogP contribution in [0, 0.1) is 17.2 Å². The minimum absolute atomic E-state index is 0.330. The van der Waals surface area contributed by atoms with E-state index in [4.69, 9.17) is 28.5 Å². The number of halogens is 3. The number of hydrogen-bond acceptors (Lipinski definition) is 2. The highest BCUT2D eigenvalue weighted by atomic mass is 79.9. The standard InChI is InChI=1S/C12H11BrCl2N2O/c1-2-3-7(6-16)12(18)17-11-9(14)4-8(13)5-10(11)15/h4-5,7H,2-3H2,1H3,(H,17,18). The Morgan fingerprint density at radius 3 is 2.50 bits per heavy atom. The first-order valence-electron chi connectivity index (χ1n) is 5.34. The lowest BCUT2D eigenvalue weighted by Crippen LogP contribution is -2.21. The molecular weight excluding hydrogens is 339 g/mol. The Morgan fingerprint density at radius 1 is 1.50 bits per heavy atom. The van der Waals surface area contributed by atoms with Crippen molar-refractivity contribution in [2.45, 2.75) is 19.8 Å². The monoisotopic (exact) mass is 348 g/mol. The molecule has 0 spiro atoms. The largest absolute Gasteiger partial charge is 0.322 e. The minimum Gasteiger partial charge on any atom is -0.322 e. The SMILES string of the molecule is CCCC(C#N)C(=O)Nc1c(Cl)cc(Br)cc1Cl. The topological polar surface area (TPSA) is 52.9 Å². The number of rotatable bonds is 4. The van der Waals surface area contributed by atoms with Crippen molar-refractivity contribution in [1.82, 2.24) is 0 Å². The van der Waals surface area contributed by atoms with Gasteiger partial charge in [0.25, 0.3) is 0 Å². The van der Waals surface area contributed by atoms with Gasteiger partial charge in [0.1, 0.15) is 5.92 Å². The first kappa shape index (κ1) is 15.3. The minimum atomic E-state index is -0.689. The molecular formula is C12H11BrCl2N2O. The maximum atomic E-state index is 11.9. The average Bonchev–Trinajstić information content (AvgIpc) is 2.30. The van der Waals surface area contributed by atoms with E-state index in [1.165, 1.54) is 0 Å². The lowest BCUT2D eigenvalue weighted by molar-refractivity contribution is -0.118. The fraction of sp³-hybridized carbons (Fsp3) is 0.333. The molecule has 0 saturated heterocycles. The summed E-state index contributed by atoms with van der Waals surface area (Å²) in [6, 6.07) is 5.22. The Morgan fingerprint density at radius 2 is 2.06 bits per heavy atom. The number of anilines is 1. The third-order valence-corrected chi connectivity index (χ3v) is 3.36. The number of carbonyl (C=O) groups excluding carboxylic acids is 1. The first-order chi connectivity index (χ1) is 8.49. The van der Waals surface area contributed by atoms with E-state index >= 15 is 0 Å². The molecule has 0 aromatic heterocycles. The molecule has 1 aromatic carbocycles. The normalized spacial score (nSPS) is 11.7. The second-order valence-corrected chi connectivity index (χ2v) is 5.43. The molecule has 0 aliphatic heterocycles. The van der Waals surface area contributed by atoms with E-state index in [2.05, 4.69) is 21.2 Å². The van der Waals surface area contributed by atoms with E-state index in [-0.39, 0.29) is 5.91 Å². The number of benzene rings is 1. The van der Waals surface area contributed by atoms with E-state index in [0.29, 0.717) is 22.2 Å². The van der Waals surface area contributed by atoms with Crippen molar-refractivity contribution < 1.29 is 4.79 Å². The van der Waals surface area contributed by atoms with E-state index < -0.39 is 5.92 Å². The van der Waals surface area contributed by atoms with E-state index in [1.54, 1.807) is 12.1 Å². The number of nitriles is 1. The van der Waals surface area contributed by atoms with Gasteiger partial charge in [0.15, 0.2) is 0 Å². The molecule has 0 saturated carbocycles. The lowest BCUT2D eigenvalue weighted by atomic mass is 10.0. The van der Waals surface area contributed by atoms with Gasteiger partial charge in [0.05, 0.1) is 21.8 Å². The summed E-state index contributed by atoms with van der Waals surface area (Å²) >= 11 is 15.2. The fourth-order valence-corrected chi connectivity index (χ4v) is 2.72. The molecule has 18 heavy (non-hydrogen) atoms. The van der Waals surface area contributed by atoms with Gasteiger partial charge in [-0.05, 0) is 18.6 Å². The van der Waals surface area contributed by atoms with Gasteiger partial charge in [-0.15, -0.1) is 0 Å². The molecule has 1 amide bonds. The molecule has 1 N–H and O–H groups in total. The van der Waals surface area contributed by atoms with Crippen molar-refractivity contribution in [3.05, 3.63) is 26.7 Å². The second kappa shape index (κ2) is 6.98. The summed E-state index contributed by atoms with van der Waals surface area (Å²) in [5.41, 5.74) is 0.336. The second-order valence-electron chi connectivity index (χ2n) is 3.70. The number of nitrogens with one attached hydrogen (secondary N) is 1. The zero-order valence-electron chi connectivity index (χ0n) is 9.64. The maximum Gasteiger partial charge on any atom is 0.241 e. The van der Waals surface area contributed by atoms with Crippen LogP contribution in [-0.4, -0.2) is 5.91 Å². The van der Waals surface area contributed by atoms with Crippen LogP contribution >= 0.6 is 39.1 Å². The Bertz CT molecular complexity index is 476. The van der Waals surface area contributed by atoms with Gasteiger partial charge in [-0.3, -0.25) is 4.79 Å². The molecule has 0 heterocycles. The third-order valence-electron chi connectivity index (χ3n) is 2.30. The zero-order chi connectivity index (χ0) is 13.7. The van der Waals surface area contributed by atoms with Crippen molar-refractivity contribution in [3.63, 3.8) is 0 Å². The first-order valence-corrected chi connectivity index (χ1v) is 6.89. The highest BCUT2D eigenvalue weighted by molar-refractivity contribution is 9.10. The molecule has 0 aliphatic rings. The quantitative estimate of drug-likeness (QED) is 0.861. The Balaban J connectivity index is 2.92. The molecule has 1 rings (SSSR count). The maximum absolute atomic E-state index is 11.9. The van der Waals surface area contributed by atoms with Crippen molar-refractivity contribution in [1.29, 1.82) is 5.26 Å². The van der Waals surface area contributed by atoms with E-state index in [1.807, 2.05) is 13.0 Å². The molecule has 1 aromatic rings. The molecule has 0 radical (unpaired) electrons. The molecule has 0 aliphatic carbocycles. The fourth-order valence-electron chi connectivity index (χ4n) is 1.41. The Kier molecular flexibility index (Phi) is 5.94. The van der Waals surface area contributed by atoms with Crippen molar-refractivity contribution in [3.8, 4) is 6.07 Å². The number of nitrogens with zero attached hydrogens (tertiary/aromatic N) is 1. The molecule has 0 fully saturated rings. The van der Waals surface area contributed by atoms with Crippen LogP contribution in [0.15, 0.2) is 16.6 Å². The summed E-state index contributed by atoms with van der Waals surface area (Å²) in [5.74, 6) is -1.07. The number of amides is 1. The zero-order valence-corrected chi connectivity index (χ0v) is 12.7. The van der Waals surface area contributed by atoms with Crippen LogP contribution in [0.5, 0.6) is 0 Å². The molecule has 3 nitrogen and oxygen atoms in total. The average molecular weight is 350 g/mol. The van der Waals surface area contributed by atoms with Gasteiger partial charge in [-0.1, -0.05) is 52.5 Å². The van der Waals surface area contributed by atoms with Crippen LogP contribution in [0.4, 0.5) is 5.69 Å². The van der Waals surface area contributed by atoms with Crippen molar-refractivity contribution in [2.24, 2.45) is 5.92 Å². The van der Waals surface area contributed by atoms with Gasteiger partial charge in [-0.25, -0.2) is 0 Å².